The van der Waals surface area contributed by atoms with Crippen molar-refractivity contribution in [3.8, 4) is 0 Å². The molecule has 2 aromatic rings. The van der Waals surface area contributed by atoms with Gasteiger partial charge in [-0.1, -0.05) is 18.2 Å². The van der Waals surface area contributed by atoms with E-state index in [9.17, 15) is 19.8 Å². The molecule has 2 aliphatic rings. The van der Waals surface area contributed by atoms with Gasteiger partial charge in [-0.2, -0.15) is 0 Å². The summed E-state index contributed by atoms with van der Waals surface area (Å²) in [6, 6.07) is 8.49. The molecule has 0 radical (unpaired) electrons. The molecule has 4 atom stereocenters. The van der Waals surface area contributed by atoms with Crippen LogP contribution in [0.4, 0.5) is 11.6 Å². The Balaban J connectivity index is 1.37. The number of carbonyl (C=O) groups is 2. The lowest BCUT2D eigenvalue weighted by Gasteiger charge is -2.28. The highest BCUT2D eigenvalue weighted by Gasteiger charge is 2.39. The van der Waals surface area contributed by atoms with Gasteiger partial charge in [-0.15, -0.1) is 0 Å². The molecule has 1 fully saturated rings. The molecule has 1 aromatic carbocycles. The average molecular weight is 482 g/mol. The first-order valence-electron chi connectivity index (χ1n) is 11.7. The zero-order valence-corrected chi connectivity index (χ0v) is 19.8. The second-order valence-corrected chi connectivity index (χ2v) is 8.57. The normalized spacial score (nSPS) is 19.9. The highest BCUT2D eigenvalue weighted by atomic mass is 16.3. The summed E-state index contributed by atoms with van der Waals surface area (Å²) in [5, 5.41) is 28.5. The Morgan fingerprint density at radius 3 is 2.63 bits per heavy atom. The molecule has 4 rings (SSSR count). The number of hydrogen-bond donors (Lipinski definition) is 5. The monoisotopic (exact) mass is 481 g/mol. The lowest BCUT2D eigenvalue weighted by molar-refractivity contribution is -0.154. The molecule has 0 bridgehead atoms. The second-order valence-electron chi connectivity index (χ2n) is 8.57. The minimum Gasteiger partial charge on any atom is -0.380 e. The lowest BCUT2D eigenvalue weighted by atomic mass is 10.1. The SMILES string of the molecule is CNc1nccc([C@H]2CCCN2C(=O)[C@H](O)[C@@H](O)C(=O)N[C@H](C)c2ccc(N3C=CCN3)cc2)n1. The summed E-state index contributed by atoms with van der Waals surface area (Å²) >= 11 is 0. The molecular formula is C24H31N7O4. The van der Waals surface area contributed by atoms with E-state index in [-0.39, 0.29) is 6.04 Å². The number of anilines is 2. The first kappa shape index (κ1) is 24.6. The minimum absolute atomic E-state index is 0.361. The first-order valence-corrected chi connectivity index (χ1v) is 11.7. The van der Waals surface area contributed by atoms with Crippen molar-refractivity contribution in [3.63, 3.8) is 0 Å². The van der Waals surface area contributed by atoms with Gasteiger partial charge in [0.2, 0.25) is 5.95 Å². The van der Waals surface area contributed by atoms with E-state index >= 15 is 0 Å². The molecule has 186 valence electrons. The molecule has 2 amide bonds. The fraction of sp³-hybridized carbons (Fsp3) is 0.417. The molecule has 0 spiro atoms. The van der Waals surface area contributed by atoms with Gasteiger partial charge in [0.05, 0.1) is 23.5 Å². The Bertz CT molecular complexity index is 1080. The van der Waals surface area contributed by atoms with Crippen LogP contribution >= 0.6 is 0 Å². The Morgan fingerprint density at radius 2 is 1.94 bits per heavy atom. The van der Waals surface area contributed by atoms with Gasteiger partial charge in [-0.05, 0) is 43.5 Å². The third-order valence-electron chi connectivity index (χ3n) is 6.26. The Kier molecular flexibility index (Phi) is 7.59. The van der Waals surface area contributed by atoms with E-state index in [1.54, 1.807) is 26.2 Å². The molecule has 1 aromatic heterocycles. The van der Waals surface area contributed by atoms with Gasteiger partial charge in [0.15, 0.2) is 12.2 Å². The first-order chi connectivity index (χ1) is 16.9. The van der Waals surface area contributed by atoms with Crippen LogP contribution in [0.3, 0.4) is 0 Å². The highest BCUT2D eigenvalue weighted by molar-refractivity contribution is 5.91. The molecule has 11 nitrogen and oxygen atoms in total. The quantitative estimate of drug-likeness (QED) is 0.367. The molecule has 35 heavy (non-hydrogen) atoms. The zero-order valence-electron chi connectivity index (χ0n) is 19.8. The molecule has 0 unspecified atom stereocenters. The van der Waals surface area contributed by atoms with E-state index < -0.39 is 30.1 Å². The largest absolute Gasteiger partial charge is 0.380 e. The Labute approximate surface area is 203 Å². The summed E-state index contributed by atoms with van der Waals surface area (Å²) in [6.45, 7) is 2.94. The molecule has 5 N–H and O–H groups in total. The number of amides is 2. The van der Waals surface area contributed by atoms with Gasteiger partial charge in [-0.3, -0.25) is 14.6 Å². The van der Waals surface area contributed by atoms with Crippen molar-refractivity contribution in [1.29, 1.82) is 0 Å². The van der Waals surface area contributed by atoms with E-state index in [4.69, 9.17) is 0 Å². The van der Waals surface area contributed by atoms with Gasteiger partial charge < -0.3 is 25.7 Å². The van der Waals surface area contributed by atoms with Crippen LogP contribution in [-0.2, 0) is 9.59 Å². The summed E-state index contributed by atoms with van der Waals surface area (Å²) < 4.78 is 0. The molecule has 3 heterocycles. The van der Waals surface area contributed by atoms with Crippen LogP contribution in [0.5, 0.6) is 0 Å². The Morgan fingerprint density at radius 1 is 1.17 bits per heavy atom. The number of aliphatic hydroxyl groups excluding tert-OH is 2. The predicted molar refractivity (Wildman–Crippen MR) is 130 cm³/mol. The van der Waals surface area contributed by atoms with Crippen molar-refractivity contribution in [2.75, 3.05) is 30.5 Å². The number of nitrogens with zero attached hydrogens (tertiary/aromatic N) is 4. The van der Waals surface area contributed by atoms with Crippen LogP contribution in [0.1, 0.15) is 43.1 Å². The number of aromatic nitrogens is 2. The van der Waals surface area contributed by atoms with Gasteiger partial charge >= 0.3 is 0 Å². The smallest absolute Gasteiger partial charge is 0.255 e. The van der Waals surface area contributed by atoms with Gasteiger partial charge in [0.1, 0.15) is 0 Å². The number of rotatable bonds is 8. The number of hydrogen-bond acceptors (Lipinski definition) is 9. The van der Waals surface area contributed by atoms with Crippen molar-refractivity contribution in [1.82, 2.24) is 25.6 Å². The number of hydrazine groups is 1. The number of aliphatic hydroxyl groups is 2. The van der Waals surface area contributed by atoms with Crippen molar-refractivity contribution < 1.29 is 19.8 Å². The van der Waals surface area contributed by atoms with Gasteiger partial charge in [-0.25, -0.2) is 15.4 Å². The van der Waals surface area contributed by atoms with Gasteiger partial charge in [0, 0.05) is 32.5 Å². The maximum absolute atomic E-state index is 13.0. The summed E-state index contributed by atoms with van der Waals surface area (Å²) in [5.74, 6) is -1.10. The lowest BCUT2D eigenvalue weighted by Crippen LogP contribution is -2.51. The standard InChI is InChI=1S/C24H31N7O4/c1-15(16-6-8-17(9-7-16)31-14-4-11-27-31)28-22(34)20(32)21(33)23(35)30-13-3-5-19(30)18-10-12-26-24(25-2)29-18/h4,6-10,12,14-15,19-21,27,32-33H,3,5,11,13H2,1-2H3,(H,28,34)(H,25,26,29)/t15-,19-,20-,21-/m1/s1. The third-order valence-corrected chi connectivity index (χ3v) is 6.26. The summed E-state index contributed by atoms with van der Waals surface area (Å²) in [7, 11) is 1.70. The van der Waals surface area contributed by atoms with Crippen LogP contribution in [0.2, 0.25) is 0 Å². The molecule has 11 heteroatoms. The maximum Gasteiger partial charge on any atom is 0.255 e. The molecule has 1 saturated heterocycles. The summed E-state index contributed by atoms with van der Waals surface area (Å²) in [5.41, 5.74) is 5.59. The van der Waals surface area contributed by atoms with Crippen LogP contribution in [0.25, 0.3) is 0 Å². The Hall–Kier alpha value is -3.54. The fourth-order valence-corrected chi connectivity index (χ4v) is 4.31. The molecule has 2 aliphatic heterocycles. The van der Waals surface area contributed by atoms with E-state index in [0.29, 0.717) is 24.6 Å². The summed E-state index contributed by atoms with van der Waals surface area (Å²) in [6.07, 6.45) is 3.13. The summed E-state index contributed by atoms with van der Waals surface area (Å²) in [4.78, 5) is 35.6. The fourth-order valence-electron chi connectivity index (χ4n) is 4.31. The van der Waals surface area contributed by atoms with Crippen molar-refractivity contribution in [3.05, 3.63) is 60.1 Å². The van der Waals surface area contributed by atoms with Crippen LogP contribution < -0.4 is 21.1 Å². The third kappa shape index (κ3) is 5.42. The highest BCUT2D eigenvalue weighted by Crippen LogP contribution is 2.32. The van der Waals surface area contributed by atoms with Crippen molar-refractivity contribution in [2.24, 2.45) is 0 Å². The van der Waals surface area contributed by atoms with Gasteiger partial charge in [0.25, 0.3) is 11.8 Å². The minimum atomic E-state index is -1.90. The van der Waals surface area contributed by atoms with Crippen molar-refractivity contribution >= 4 is 23.5 Å². The zero-order chi connectivity index (χ0) is 24.9. The van der Waals surface area contributed by atoms with Crippen molar-refractivity contribution in [2.45, 2.75) is 44.1 Å². The van der Waals surface area contributed by atoms with Crippen LogP contribution in [-0.4, -0.2) is 69.2 Å². The maximum atomic E-state index is 13.0. The van der Waals surface area contributed by atoms with E-state index in [0.717, 1.165) is 24.2 Å². The van der Waals surface area contributed by atoms with E-state index in [1.165, 1.54) is 4.90 Å². The average Bonchev–Trinajstić information content (AvgIpc) is 3.60. The second kappa shape index (κ2) is 10.8. The molecule has 0 aliphatic carbocycles. The van der Waals surface area contributed by atoms with E-state index in [2.05, 4.69) is 26.0 Å². The molecule has 0 saturated carbocycles. The van der Waals surface area contributed by atoms with Crippen LogP contribution in [0, 0.1) is 0 Å². The number of benzene rings is 1. The van der Waals surface area contributed by atoms with Crippen LogP contribution in [0.15, 0.2) is 48.8 Å². The molecular weight excluding hydrogens is 450 g/mol. The number of carbonyl (C=O) groups excluding carboxylic acids is 2. The predicted octanol–water partition coefficient (Wildman–Crippen LogP) is 0.619. The number of likely N-dealkylation sites (tertiary alicyclic amines) is 1. The topological polar surface area (TPSA) is 143 Å². The number of nitrogens with one attached hydrogen (secondary N) is 3. The van der Waals surface area contributed by atoms with E-state index in [1.807, 2.05) is 41.6 Å².